The topological polar surface area (TPSA) is 90.1 Å². The highest BCUT2D eigenvalue weighted by Crippen LogP contribution is 2.20. The lowest BCUT2D eigenvalue weighted by Gasteiger charge is -2.26. The van der Waals surface area contributed by atoms with Gasteiger partial charge in [-0.25, -0.2) is 0 Å². The molecule has 122 valence electrons. The third-order valence-corrected chi connectivity index (χ3v) is 3.56. The number of nitrogens with zero attached hydrogens (tertiary/aromatic N) is 3. The van der Waals surface area contributed by atoms with E-state index in [1.165, 1.54) is 16.9 Å². The fourth-order valence-corrected chi connectivity index (χ4v) is 2.47. The molecule has 1 aromatic carbocycles. The predicted molar refractivity (Wildman–Crippen MR) is 86.3 cm³/mol. The molecule has 1 N–H and O–H groups in total. The number of aromatic nitrogens is 2. The number of hydrogen-bond donors (Lipinski definition) is 1. The van der Waals surface area contributed by atoms with Crippen LogP contribution in [0.3, 0.4) is 0 Å². The quantitative estimate of drug-likeness (QED) is 0.648. The highest BCUT2D eigenvalue weighted by molar-refractivity contribution is 6.31. The molecule has 0 saturated heterocycles. The van der Waals surface area contributed by atoms with Gasteiger partial charge in [0.25, 0.3) is 0 Å². The Bertz CT molecular complexity index is 727. The van der Waals surface area contributed by atoms with Gasteiger partial charge in [0.2, 0.25) is 5.91 Å². The zero-order valence-electron chi connectivity index (χ0n) is 12.8. The summed E-state index contributed by atoms with van der Waals surface area (Å²) in [6.07, 6.45) is 1.97. The molecule has 2 aromatic rings. The van der Waals surface area contributed by atoms with E-state index in [2.05, 4.69) is 10.4 Å². The van der Waals surface area contributed by atoms with E-state index in [9.17, 15) is 14.9 Å². The first-order chi connectivity index (χ1) is 10.8. The van der Waals surface area contributed by atoms with Gasteiger partial charge < -0.3 is 15.4 Å². The van der Waals surface area contributed by atoms with Crippen molar-refractivity contribution in [3.8, 4) is 0 Å². The first kappa shape index (κ1) is 17.0. The summed E-state index contributed by atoms with van der Waals surface area (Å²) in [6, 6.07) is 8.71. The van der Waals surface area contributed by atoms with E-state index in [-0.39, 0.29) is 18.3 Å². The molecular weight excluding hydrogens is 320 g/mol. The standard InChI is InChI=1S/C15H17ClN4O3/c1-15(2,9-11-5-3-4-6-12(11)16)17-14(21)10-19-8-7-13(18-19)20(22)23/h3-8H,9-10H2,1-2H3,(H,17,21). The zero-order chi connectivity index (χ0) is 17.0. The number of carbonyl (C=O) groups excluding carboxylic acids is 1. The van der Waals surface area contributed by atoms with Crippen molar-refractivity contribution in [2.75, 3.05) is 0 Å². The van der Waals surface area contributed by atoms with Gasteiger partial charge in [0, 0.05) is 10.6 Å². The lowest BCUT2D eigenvalue weighted by Crippen LogP contribution is -2.46. The maximum atomic E-state index is 12.1. The van der Waals surface area contributed by atoms with Gasteiger partial charge >= 0.3 is 5.82 Å². The Balaban J connectivity index is 1.97. The van der Waals surface area contributed by atoms with Crippen molar-refractivity contribution in [3.63, 3.8) is 0 Å². The molecule has 23 heavy (non-hydrogen) atoms. The van der Waals surface area contributed by atoms with Gasteiger partial charge in [0.1, 0.15) is 6.54 Å². The van der Waals surface area contributed by atoms with Crippen LogP contribution in [0.25, 0.3) is 0 Å². The molecule has 0 spiro atoms. The van der Waals surface area contributed by atoms with Gasteiger partial charge in [0.15, 0.2) is 0 Å². The maximum absolute atomic E-state index is 12.1. The highest BCUT2D eigenvalue weighted by Gasteiger charge is 2.23. The summed E-state index contributed by atoms with van der Waals surface area (Å²) in [5.41, 5.74) is 0.426. The molecule has 0 aliphatic carbocycles. The molecule has 7 nitrogen and oxygen atoms in total. The smallest absolute Gasteiger partial charge is 0.358 e. The summed E-state index contributed by atoms with van der Waals surface area (Å²) >= 11 is 6.14. The summed E-state index contributed by atoms with van der Waals surface area (Å²) in [6.45, 7) is 3.69. The molecule has 0 radical (unpaired) electrons. The van der Waals surface area contributed by atoms with Gasteiger partial charge in [-0.3, -0.25) is 4.79 Å². The van der Waals surface area contributed by atoms with Crippen molar-refractivity contribution in [2.45, 2.75) is 32.4 Å². The van der Waals surface area contributed by atoms with Crippen molar-refractivity contribution in [1.29, 1.82) is 0 Å². The molecule has 0 atom stereocenters. The number of nitrogens with one attached hydrogen (secondary N) is 1. The van der Waals surface area contributed by atoms with E-state index in [1.54, 1.807) is 6.07 Å². The number of benzene rings is 1. The Labute approximate surface area is 138 Å². The second-order valence-electron chi connectivity index (χ2n) is 5.83. The van der Waals surface area contributed by atoms with E-state index in [0.29, 0.717) is 11.4 Å². The van der Waals surface area contributed by atoms with Crippen LogP contribution in [-0.2, 0) is 17.8 Å². The lowest BCUT2D eigenvalue weighted by molar-refractivity contribution is -0.389. The molecule has 0 fully saturated rings. The third kappa shape index (κ3) is 4.79. The minimum absolute atomic E-state index is 0.0835. The van der Waals surface area contributed by atoms with Crippen LogP contribution < -0.4 is 5.32 Å². The van der Waals surface area contributed by atoms with Crippen molar-refractivity contribution in [2.24, 2.45) is 0 Å². The van der Waals surface area contributed by atoms with E-state index in [1.807, 2.05) is 32.0 Å². The Kier molecular flexibility index (Phi) is 5.00. The summed E-state index contributed by atoms with van der Waals surface area (Å²) < 4.78 is 1.24. The molecule has 0 aliphatic rings. The maximum Gasteiger partial charge on any atom is 0.389 e. The number of amides is 1. The second-order valence-corrected chi connectivity index (χ2v) is 6.24. The van der Waals surface area contributed by atoms with E-state index in [4.69, 9.17) is 11.6 Å². The Hall–Kier alpha value is -2.41. The minimum atomic E-state index is -0.601. The first-order valence-electron chi connectivity index (χ1n) is 6.99. The number of rotatable bonds is 6. The molecule has 0 unspecified atom stereocenters. The molecule has 2 rings (SSSR count). The molecule has 0 bridgehead atoms. The van der Waals surface area contributed by atoms with Crippen LogP contribution in [0.4, 0.5) is 5.82 Å². The summed E-state index contributed by atoms with van der Waals surface area (Å²) in [4.78, 5) is 22.1. The molecule has 0 aliphatic heterocycles. The van der Waals surface area contributed by atoms with E-state index < -0.39 is 10.5 Å². The molecule has 1 heterocycles. The van der Waals surface area contributed by atoms with Crippen LogP contribution in [0.5, 0.6) is 0 Å². The monoisotopic (exact) mass is 336 g/mol. The van der Waals surface area contributed by atoms with Gasteiger partial charge in [-0.2, -0.15) is 4.68 Å². The van der Waals surface area contributed by atoms with Gasteiger partial charge in [-0.1, -0.05) is 29.8 Å². The van der Waals surface area contributed by atoms with Gasteiger partial charge in [0.05, 0.1) is 17.4 Å². The fourth-order valence-electron chi connectivity index (χ4n) is 2.26. The van der Waals surface area contributed by atoms with Crippen LogP contribution in [0.15, 0.2) is 36.5 Å². The van der Waals surface area contributed by atoms with E-state index >= 15 is 0 Å². The van der Waals surface area contributed by atoms with Crippen LogP contribution in [0.1, 0.15) is 19.4 Å². The number of halogens is 1. The highest BCUT2D eigenvalue weighted by atomic mass is 35.5. The van der Waals surface area contributed by atoms with Gasteiger partial charge in [-0.15, -0.1) is 0 Å². The van der Waals surface area contributed by atoms with Crippen molar-refractivity contribution in [1.82, 2.24) is 15.1 Å². The summed E-state index contributed by atoms with van der Waals surface area (Å²) in [5, 5.41) is 17.8. The zero-order valence-corrected chi connectivity index (χ0v) is 13.6. The Morgan fingerprint density at radius 2 is 2.09 bits per heavy atom. The molecule has 8 heteroatoms. The normalized spacial score (nSPS) is 11.3. The number of carbonyl (C=O) groups is 1. The van der Waals surface area contributed by atoms with Crippen molar-refractivity contribution < 1.29 is 9.72 Å². The average Bonchev–Trinajstić information content (AvgIpc) is 2.89. The lowest BCUT2D eigenvalue weighted by atomic mass is 9.95. The minimum Gasteiger partial charge on any atom is -0.358 e. The molecular formula is C15H17ClN4O3. The van der Waals surface area contributed by atoms with E-state index in [0.717, 1.165) is 5.56 Å². The van der Waals surface area contributed by atoms with Gasteiger partial charge in [-0.05, 0) is 36.8 Å². The van der Waals surface area contributed by atoms with Crippen molar-refractivity contribution in [3.05, 3.63) is 57.2 Å². The van der Waals surface area contributed by atoms with Crippen LogP contribution in [0.2, 0.25) is 5.02 Å². The summed E-state index contributed by atoms with van der Waals surface area (Å²) in [7, 11) is 0. The SMILES string of the molecule is CC(C)(Cc1ccccc1Cl)NC(=O)Cn1ccc([N+](=O)[O-])n1. The first-order valence-corrected chi connectivity index (χ1v) is 7.37. The van der Waals surface area contributed by atoms with Crippen LogP contribution >= 0.6 is 11.6 Å². The Morgan fingerprint density at radius 1 is 1.39 bits per heavy atom. The second kappa shape index (κ2) is 6.78. The number of hydrogen-bond acceptors (Lipinski definition) is 4. The fraction of sp³-hybridized carbons (Fsp3) is 0.333. The predicted octanol–water partition coefficient (Wildman–Crippen LogP) is 2.58. The largest absolute Gasteiger partial charge is 0.389 e. The summed E-state index contributed by atoms with van der Waals surface area (Å²) in [5.74, 6) is -0.562. The third-order valence-electron chi connectivity index (χ3n) is 3.19. The van der Waals surface area contributed by atoms with Crippen molar-refractivity contribution >= 4 is 23.3 Å². The average molecular weight is 337 g/mol. The number of nitro groups is 1. The molecule has 1 aromatic heterocycles. The molecule has 0 saturated carbocycles. The van der Waals surface area contributed by atoms with Crippen LogP contribution in [-0.4, -0.2) is 26.1 Å². The molecule has 1 amide bonds. The Morgan fingerprint density at radius 3 is 2.70 bits per heavy atom. The van der Waals surface area contributed by atoms with Crippen LogP contribution in [0, 0.1) is 10.1 Å².